The first-order chi connectivity index (χ1) is 15.7. The molecule has 1 fully saturated rings. The van der Waals surface area contributed by atoms with Crippen LogP contribution in [0.1, 0.15) is 23.8 Å². The van der Waals surface area contributed by atoms with E-state index in [1.165, 1.54) is 4.88 Å². The molecule has 0 bridgehead atoms. The van der Waals surface area contributed by atoms with Gasteiger partial charge in [-0.1, -0.05) is 23.2 Å². The normalized spacial score (nSPS) is 19.1. The third-order valence-electron chi connectivity index (χ3n) is 5.76. The molecule has 1 saturated heterocycles. The van der Waals surface area contributed by atoms with E-state index in [9.17, 15) is 9.59 Å². The summed E-state index contributed by atoms with van der Waals surface area (Å²) in [7, 11) is 1.88. The van der Waals surface area contributed by atoms with E-state index in [4.69, 9.17) is 23.2 Å². The number of fused-ring (bicyclic) bond motifs is 1. The Morgan fingerprint density at radius 1 is 1.39 bits per heavy atom. The van der Waals surface area contributed by atoms with Crippen LogP contribution in [0.25, 0.3) is 11.0 Å². The van der Waals surface area contributed by atoms with Crippen LogP contribution in [0.5, 0.6) is 0 Å². The second-order valence-corrected chi connectivity index (χ2v) is 11.4. The van der Waals surface area contributed by atoms with Gasteiger partial charge in [0.15, 0.2) is 0 Å². The zero-order valence-electron chi connectivity index (χ0n) is 18.1. The van der Waals surface area contributed by atoms with Crippen LogP contribution in [-0.4, -0.2) is 40.0 Å². The predicted octanol–water partition coefficient (Wildman–Crippen LogP) is 4.05. The van der Waals surface area contributed by atoms with Crippen molar-refractivity contribution in [2.45, 2.75) is 38.4 Å². The summed E-state index contributed by atoms with van der Waals surface area (Å²) in [5.41, 5.74) is 1.62. The number of hydrogen-bond donors (Lipinski definition) is 3. The van der Waals surface area contributed by atoms with Crippen LogP contribution in [0.3, 0.4) is 0 Å². The summed E-state index contributed by atoms with van der Waals surface area (Å²) in [6.45, 7) is 2.74. The molecule has 33 heavy (non-hydrogen) atoms. The van der Waals surface area contributed by atoms with Crippen LogP contribution in [0.2, 0.25) is 9.36 Å². The van der Waals surface area contributed by atoms with Crippen LogP contribution >= 0.6 is 50.5 Å². The topological polar surface area (TPSA) is 88.1 Å². The molecular formula is C22H24BrCl2N5O2S. The lowest BCUT2D eigenvalue weighted by Crippen LogP contribution is -2.49. The van der Waals surface area contributed by atoms with E-state index in [2.05, 4.69) is 36.9 Å². The molecule has 4 heterocycles. The van der Waals surface area contributed by atoms with E-state index in [1.54, 1.807) is 30.7 Å². The molecule has 0 aliphatic carbocycles. The van der Waals surface area contributed by atoms with Crippen LogP contribution in [-0.2, 0) is 29.6 Å². The molecule has 0 radical (unpaired) electrons. The van der Waals surface area contributed by atoms with Crippen molar-refractivity contribution in [3.8, 4) is 0 Å². The maximum Gasteiger partial charge on any atom is 0.242 e. The number of aryl methyl sites for hydroxylation is 1. The SMILES string of the molecule is C[C@H](NC(=O)[C@H]1C[C@H](Cc2cc(Br)c(Cl)s2)CN1)C(=O)NCc1cnc2c(c1)c(Cl)cn2C. The number of hydrogen-bond acceptors (Lipinski definition) is 5. The standard InChI is InChI=1S/C22H24BrCl2N5O2S/c1-11(21(31)28-9-13-4-15-17(24)10-30(2)20(15)27-8-13)29-22(32)18-5-12(7-26-18)3-14-6-16(23)19(25)33-14/h4,6,8,10-12,18,26H,3,5,7,9H2,1-2H3,(H,28,31)(H,29,32)/t11-,12-,18+/m0/s1. The summed E-state index contributed by atoms with van der Waals surface area (Å²) in [5.74, 6) is -0.0707. The highest BCUT2D eigenvalue weighted by molar-refractivity contribution is 9.10. The highest BCUT2D eigenvalue weighted by Crippen LogP contribution is 2.34. The molecule has 3 aromatic rings. The van der Waals surface area contributed by atoms with Gasteiger partial charge < -0.3 is 20.5 Å². The first kappa shape index (κ1) is 24.5. The van der Waals surface area contributed by atoms with E-state index >= 15 is 0 Å². The van der Waals surface area contributed by atoms with Gasteiger partial charge in [0.1, 0.15) is 16.0 Å². The Labute approximate surface area is 214 Å². The second kappa shape index (κ2) is 10.3. The predicted molar refractivity (Wildman–Crippen MR) is 136 cm³/mol. The number of amides is 2. The van der Waals surface area contributed by atoms with E-state index in [0.717, 1.165) is 44.8 Å². The van der Waals surface area contributed by atoms with E-state index in [0.29, 0.717) is 17.5 Å². The number of pyridine rings is 1. The van der Waals surface area contributed by atoms with Crippen molar-refractivity contribution in [1.82, 2.24) is 25.5 Å². The molecule has 3 atom stereocenters. The van der Waals surface area contributed by atoms with Gasteiger partial charge in [0.2, 0.25) is 11.8 Å². The van der Waals surface area contributed by atoms with Crippen molar-refractivity contribution in [3.05, 3.63) is 48.8 Å². The molecule has 2 amide bonds. The van der Waals surface area contributed by atoms with Crippen molar-refractivity contribution in [3.63, 3.8) is 0 Å². The number of thiophene rings is 1. The smallest absolute Gasteiger partial charge is 0.242 e. The Hall–Kier alpha value is -1.65. The molecule has 11 heteroatoms. The molecule has 176 valence electrons. The van der Waals surface area contributed by atoms with Crippen LogP contribution in [0, 0.1) is 5.92 Å². The summed E-state index contributed by atoms with van der Waals surface area (Å²) < 4.78 is 3.51. The maximum absolute atomic E-state index is 12.7. The minimum Gasteiger partial charge on any atom is -0.350 e. The highest BCUT2D eigenvalue weighted by Gasteiger charge is 2.31. The minimum absolute atomic E-state index is 0.162. The summed E-state index contributed by atoms with van der Waals surface area (Å²) in [4.78, 5) is 30.8. The summed E-state index contributed by atoms with van der Waals surface area (Å²) in [6, 6.07) is 2.99. The van der Waals surface area contributed by atoms with E-state index in [-0.39, 0.29) is 17.9 Å². The van der Waals surface area contributed by atoms with Crippen molar-refractivity contribution in [2.75, 3.05) is 6.54 Å². The fourth-order valence-electron chi connectivity index (χ4n) is 4.02. The molecule has 3 N–H and O–H groups in total. The molecule has 1 aliphatic heterocycles. The van der Waals surface area contributed by atoms with Crippen molar-refractivity contribution >= 4 is 73.3 Å². The first-order valence-corrected chi connectivity index (χ1v) is 12.9. The maximum atomic E-state index is 12.7. The third-order valence-corrected chi connectivity index (χ3v) is 8.56. The lowest BCUT2D eigenvalue weighted by molar-refractivity contribution is -0.129. The molecule has 0 saturated carbocycles. The van der Waals surface area contributed by atoms with Crippen molar-refractivity contribution < 1.29 is 9.59 Å². The number of nitrogens with one attached hydrogen (secondary N) is 3. The Bertz CT molecular complexity index is 1180. The summed E-state index contributed by atoms with van der Waals surface area (Å²) in [6.07, 6.45) is 5.10. The van der Waals surface area contributed by atoms with Gasteiger partial charge in [-0.2, -0.15) is 0 Å². The Balaban J connectivity index is 1.25. The van der Waals surface area contributed by atoms with Crippen LogP contribution in [0.15, 0.2) is 29.0 Å². The van der Waals surface area contributed by atoms with Crippen LogP contribution in [0.4, 0.5) is 0 Å². The van der Waals surface area contributed by atoms with Gasteiger partial charge in [0.05, 0.1) is 11.1 Å². The number of carbonyl (C=O) groups excluding carboxylic acids is 2. The molecule has 7 nitrogen and oxygen atoms in total. The molecule has 3 aromatic heterocycles. The average Bonchev–Trinajstić information content (AvgIpc) is 3.44. The van der Waals surface area contributed by atoms with E-state index in [1.807, 2.05) is 23.7 Å². The zero-order chi connectivity index (χ0) is 23.7. The van der Waals surface area contributed by atoms with Gasteiger partial charge in [-0.15, -0.1) is 11.3 Å². The number of aromatic nitrogens is 2. The molecule has 4 rings (SSSR count). The Morgan fingerprint density at radius 2 is 2.18 bits per heavy atom. The molecular weight excluding hydrogens is 549 g/mol. The molecule has 0 spiro atoms. The largest absolute Gasteiger partial charge is 0.350 e. The third kappa shape index (κ3) is 5.71. The molecule has 0 unspecified atom stereocenters. The van der Waals surface area contributed by atoms with Crippen molar-refractivity contribution in [1.29, 1.82) is 0 Å². The number of carbonyl (C=O) groups is 2. The van der Waals surface area contributed by atoms with Gasteiger partial charge in [-0.25, -0.2) is 4.98 Å². The summed E-state index contributed by atoms with van der Waals surface area (Å²) in [5, 5.41) is 10.4. The fourth-order valence-corrected chi connectivity index (χ4v) is 6.21. The van der Waals surface area contributed by atoms with Gasteiger partial charge in [-0.3, -0.25) is 9.59 Å². The number of halogens is 3. The van der Waals surface area contributed by atoms with Gasteiger partial charge >= 0.3 is 0 Å². The lowest BCUT2D eigenvalue weighted by Gasteiger charge is -2.17. The number of nitrogens with zero attached hydrogens (tertiary/aromatic N) is 2. The molecule has 0 aromatic carbocycles. The monoisotopic (exact) mass is 571 g/mol. The second-order valence-electron chi connectivity index (χ2n) is 8.35. The van der Waals surface area contributed by atoms with Gasteiger partial charge in [-0.05, 0) is 65.9 Å². The van der Waals surface area contributed by atoms with Gasteiger partial charge in [0, 0.05) is 40.7 Å². The van der Waals surface area contributed by atoms with E-state index < -0.39 is 6.04 Å². The molecule has 1 aliphatic rings. The summed E-state index contributed by atoms with van der Waals surface area (Å²) >= 11 is 17.3. The first-order valence-electron chi connectivity index (χ1n) is 10.6. The van der Waals surface area contributed by atoms with Gasteiger partial charge in [0.25, 0.3) is 0 Å². The zero-order valence-corrected chi connectivity index (χ0v) is 22.0. The highest BCUT2D eigenvalue weighted by atomic mass is 79.9. The average molecular weight is 573 g/mol. The van der Waals surface area contributed by atoms with Crippen LogP contribution < -0.4 is 16.0 Å². The fraction of sp³-hybridized carbons (Fsp3) is 0.409. The lowest BCUT2D eigenvalue weighted by atomic mass is 10.0. The van der Waals surface area contributed by atoms with Crippen molar-refractivity contribution in [2.24, 2.45) is 13.0 Å². The Morgan fingerprint density at radius 3 is 2.91 bits per heavy atom. The quantitative estimate of drug-likeness (QED) is 0.398. The minimum atomic E-state index is -0.651. The number of rotatable bonds is 7. The Kier molecular flexibility index (Phi) is 7.65.